The highest BCUT2D eigenvalue weighted by Crippen LogP contribution is 2.49. The van der Waals surface area contributed by atoms with E-state index in [2.05, 4.69) is 29.4 Å². The quantitative estimate of drug-likeness (QED) is 0.767. The van der Waals surface area contributed by atoms with Crippen molar-refractivity contribution in [3.63, 3.8) is 0 Å². The molecule has 6 heteroatoms. The molecule has 1 heterocycles. The summed E-state index contributed by atoms with van der Waals surface area (Å²) in [4.78, 5) is 15.0. The van der Waals surface area contributed by atoms with Crippen LogP contribution in [-0.4, -0.2) is 38.1 Å². The van der Waals surface area contributed by atoms with Crippen LogP contribution in [0.2, 0.25) is 0 Å². The molecule has 1 saturated carbocycles. The van der Waals surface area contributed by atoms with Gasteiger partial charge < -0.3 is 10.1 Å². The molecule has 2 aromatic carbocycles. The van der Waals surface area contributed by atoms with E-state index in [1.165, 1.54) is 23.8 Å². The molecule has 1 saturated heterocycles. The summed E-state index contributed by atoms with van der Waals surface area (Å²) < 4.78 is 33.3. The zero-order chi connectivity index (χ0) is 21.3. The average molecular weight is 414 g/mol. The molecule has 2 fully saturated rings. The first-order valence-electron chi connectivity index (χ1n) is 10.6. The van der Waals surface area contributed by atoms with Gasteiger partial charge in [0.05, 0.1) is 7.11 Å². The second-order valence-electron chi connectivity index (χ2n) is 8.43. The number of halogens is 2. The highest BCUT2D eigenvalue weighted by atomic mass is 19.1. The highest BCUT2D eigenvalue weighted by Gasteiger charge is 2.46. The van der Waals surface area contributed by atoms with Crippen molar-refractivity contribution >= 4 is 5.91 Å². The molecule has 4 nitrogen and oxygen atoms in total. The van der Waals surface area contributed by atoms with E-state index in [1.54, 1.807) is 7.11 Å². The van der Waals surface area contributed by atoms with E-state index in [9.17, 15) is 13.6 Å². The number of carbonyl (C=O) groups is 1. The number of amides is 1. The number of ether oxygens (including phenoxy) is 1. The Kier molecular flexibility index (Phi) is 6.04. The highest BCUT2D eigenvalue weighted by molar-refractivity contribution is 5.82. The molecule has 0 radical (unpaired) electrons. The second kappa shape index (κ2) is 8.72. The van der Waals surface area contributed by atoms with Crippen LogP contribution in [0.15, 0.2) is 42.5 Å². The van der Waals surface area contributed by atoms with E-state index in [-0.39, 0.29) is 35.3 Å². The van der Waals surface area contributed by atoms with Gasteiger partial charge in [-0.25, -0.2) is 8.78 Å². The topological polar surface area (TPSA) is 41.6 Å². The third-order valence-electron chi connectivity index (χ3n) is 6.50. The number of carbonyl (C=O) groups excluding carboxylic acids is 1. The monoisotopic (exact) mass is 414 g/mol. The number of likely N-dealkylation sites (tertiary alicyclic amines) is 1. The Labute approximate surface area is 176 Å². The lowest BCUT2D eigenvalue weighted by Crippen LogP contribution is -2.42. The van der Waals surface area contributed by atoms with Crippen LogP contribution in [0.25, 0.3) is 0 Å². The van der Waals surface area contributed by atoms with Crippen molar-refractivity contribution in [3.8, 4) is 5.75 Å². The number of rotatable bonds is 6. The minimum atomic E-state index is -0.566. The Hall–Kier alpha value is -2.47. The molecule has 4 unspecified atom stereocenters. The number of nitrogens with zero attached hydrogens (tertiary/aromatic N) is 1. The van der Waals surface area contributed by atoms with Gasteiger partial charge in [-0.1, -0.05) is 18.2 Å². The van der Waals surface area contributed by atoms with Crippen LogP contribution in [-0.2, 0) is 4.79 Å². The fourth-order valence-corrected chi connectivity index (χ4v) is 4.83. The molecule has 160 valence electrons. The molecule has 0 bridgehead atoms. The van der Waals surface area contributed by atoms with Crippen molar-refractivity contribution in [1.82, 2.24) is 10.2 Å². The minimum absolute atomic E-state index is 0.0474. The summed E-state index contributed by atoms with van der Waals surface area (Å²) in [6.07, 6.45) is 2.60. The van der Waals surface area contributed by atoms with Crippen molar-refractivity contribution < 1.29 is 18.3 Å². The third kappa shape index (κ3) is 4.19. The lowest BCUT2D eigenvalue weighted by molar-refractivity contribution is -0.122. The van der Waals surface area contributed by atoms with E-state index in [4.69, 9.17) is 4.74 Å². The van der Waals surface area contributed by atoms with Crippen molar-refractivity contribution in [2.45, 2.75) is 31.2 Å². The summed E-state index contributed by atoms with van der Waals surface area (Å²) in [5.41, 5.74) is 1.25. The molecule has 4 atom stereocenters. The number of hydrogen-bond acceptors (Lipinski definition) is 3. The maximum absolute atomic E-state index is 14.0. The average Bonchev–Trinajstić information content (AvgIpc) is 3.52. The van der Waals surface area contributed by atoms with Crippen molar-refractivity contribution in [1.29, 1.82) is 0 Å². The van der Waals surface area contributed by atoms with Crippen molar-refractivity contribution in [3.05, 3.63) is 65.2 Å². The van der Waals surface area contributed by atoms with Crippen LogP contribution in [0.4, 0.5) is 8.78 Å². The van der Waals surface area contributed by atoms with E-state index in [0.717, 1.165) is 25.1 Å². The van der Waals surface area contributed by atoms with E-state index in [0.29, 0.717) is 13.0 Å². The first kappa shape index (κ1) is 20.8. The Morgan fingerprint density at radius 3 is 2.53 bits per heavy atom. The Morgan fingerprint density at radius 1 is 1.17 bits per heavy atom. The van der Waals surface area contributed by atoms with Gasteiger partial charge in [-0.15, -0.1) is 0 Å². The van der Waals surface area contributed by atoms with Crippen LogP contribution in [0, 0.1) is 23.5 Å². The number of hydrogen-bond donors (Lipinski definition) is 1. The molecule has 2 aromatic rings. The van der Waals surface area contributed by atoms with Crippen LogP contribution >= 0.6 is 0 Å². The smallest absolute Gasteiger partial charge is 0.223 e. The van der Waals surface area contributed by atoms with Crippen molar-refractivity contribution in [2.24, 2.45) is 11.8 Å². The molecule has 1 aliphatic heterocycles. The van der Waals surface area contributed by atoms with Crippen LogP contribution in [0.5, 0.6) is 5.75 Å². The minimum Gasteiger partial charge on any atom is -0.497 e. The van der Waals surface area contributed by atoms with Gasteiger partial charge in [0.15, 0.2) is 0 Å². The largest absolute Gasteiger partial charge is 0.497 e. The van der Waals surface area contributed by atoms with Gasteiger partial charge in [-0.2, -0.15) is 0 Å². The van der Waals surface area contributed by atoms with Crippen molar-refractivity contribution in [2.75, 3.05) is 27.2 Å². The molecule has 2 aliphatic rings. The summed E-state index contributed by atoms with van der Waals surface area (Å²) in [7, 11) is 3.76. The van der Waals surface area contributed by atoms with Crippen LogP contribution in [0.1, 0.15) is 42.3 Å². The number of methoxy groups -OCH3 is 1. The van der Waals surface area contributed by atoms with Crippen LogP contribution in [0.3, 0.4) is 0 Å². The SMILES string of the molecule is COc1ccc(C2C(CNC(=O)C3CC3c3c(F)cccc3F)CCCN2C)cc1. The predicted octanol–water partition coefficient (Wildman–Crippen LogP) is 4.28. The standard InChI is InChI=1S/C24H28F2N2O2/c1-28-12-4-5-16(23(28)15-8-10-17(30-2)11-9-15)14-27-24(29)19-13-18(19)22-20(25)6-3-7-21(22)26/h3,6-11,16,18-19,23H,4-5,12-14H2,1-2H3,(H,27,29). The summed E-state index contributed by atoms with van der Waals surface area (Å²) in [5, 5.41) is 3.06. The molecule has 1 aliphatic carbocycles. The zero-order valence-corrected chi connectivity index (χ0v) is 17.4. The van der Waals surface area contributed by atoms with Crippen LogP contribution < -0.4 is 10.1 Å². The maximum Gasteiger partial charge on any atom is 0.223 e. The summed E-state index contributed by atoms with van der Waals surface area (Å²) in [5.74, 6) is -0.850. The van der Waals surface area contributed by atoms with Gasteiger partial charge in [0, 0.05) is 30.0 Å². The second-order valence-corrected chi connectivity index (χ2v) is 8.43. The first-order valence-corrected chi connectivity index (χ1v) is 10.6. The molecule has 4 rings (SSSR count). The van der Waals surface area contributed by atoms with Gasteiger partial charge in [0.25, 0.3) is 0 Å². The van der Waals surface area contributed by atoms with E-state index >= 15 is 0 Å². The molecular formula is C24H28F2N2O2. The number of nitrogens with one attached hydrogen (secondary N) is 1. The molecular weight excluding hydrogens is 386 g/mol. The number of benzene rings is 2. The zero-order valence-electron chi connectivity index (χ0n) is 17.4. The Balaban J connectivity index is 1.40. The normalized spacial score (nSPS) is 26.3. The van der Waals surface area contributed by atoms with Gasteiger partial charge in [0.1, 0.15) is 17.4 Å². The molecule has 30 heavy (non-hydrogen) atoms. The fourth-order valence-electron chi connectivity index (χ4n) is 4.83. The summed E-state index contributed by atoms with van der Waals surface area (Å²) in [6, 6.07) is 12.2. The Bertz CT molecular complexity index is 882. The number of piperidine rings is 1. The lowest BCUT2D eigenvalue weighted by Gasteiger charge is -2.39. The lowest BCUT2D eigenvalue weighted by atomic mass is 9.85. The van der Waals surface area contributed by atoms with Gasteiger partial charge >= 0.3 is 0 Å². The van der Waals surface area contributed by atoms with Gasteiger partial charge in [-0.05, 0) is 68.6 Å². The summed E-state index contributed by atoms with van der Waals surface area (Å²) >= 11 is 0. The van der Waals surface area contributed by atoms with E-state index < -0.39 is 11.6 Å². The molecule has 1 amide bonds. The third-order valence-corrected chi connectivity index (χ3v) is 6.50. The Morgan fingerprint density at radius 2 is 1.87 bits per heavy atom. The molecule has 1 N–H and O–H groups in total. The maximum atomic E-state index is 14.0. The van der Waals surface area contributed by atoms with Gasteiger partial charge in [-0.3, -0.25) is 9.69 Å². The summed E-state index contributed by atoms with van der Waals surface area (Å²) in [6.45, 7) is 1.57. The predicted molar refractivity (Wildman–Crippen MR) is 111 cm³/mol. The molecule has 0 spiro atoms. The molecule has 0 aromatic heterocycles. The fraction of sp³-hybridized carbons (Fsp3) is 0.458. The van der Waals surface area contributed by atoms with E-state index in [1.807, 2.05) is 12.1 Å². The first-order chi connectivity index (χ1) is 14.5. The van der Waals surface area contributed by atoms with Gasteiger partial charge in [0.2, 0.25) is 5.91 Å².